The normalized spacial score (nSPS) is 23.0. The highest BCUT2D eigenvalue weighted by atomic mass is 15.2. The molecule has 1 aromatic carbocycles. The van der Waals surface area contributed by atoms with E-state index in [1.807, 2.05) is 0 Å². The van der Waals surface area contributed by atoms with Crippen LogP contribution in [0.1, 0.15) is 37.9 Å². The third-order valence-corrected chi connectivity index (χ3v) is 4.72. The van der Waals surface area contributed by atoms with Gasteiger partial charge in [0, 0.05) is 18.6 Å². The summed E-state index contributed by atoms with van der Waals surface area (Å²) in [5.74, 6) is 1.11. The number of para-hydroxylation sites is 2. The summed E-state index contributed by atoms with van der Waals surface area (Å²) in [4.78, 5) is 10.8. The molecule has 21 heavy (non-hydrogen) atoms. The Balaban J connectivity index is 1.46. The Kier molecular flexibility index (Phi) is 3.65. The third-order valence-electron chi connectivity index (χ3n) is 4.72. The second-order valence-corrected chi connectivity index (χ2v) is 6.51. The topological polar surface area (TPSA) is 44.0 Å². The molecule has 1 aliphatic carbocycles. The van der Waals surface area contributed by atoms with Gasteiger partial charge in [0.2, 0.25) is 0 Å². The molecular weight excluding hydrogens is 260 g/mol. The van der Waals surface area contributed by atoms with Crippen molar-refractivity contribution in [1.29, 1.82) is 0 Å². The van der Waals surface area contributed by atoms with E-state index in [-0.39, 0.29) is 0 Å². The van der Waals surface area contributed by atoms with Gasteiger partial charge in [0.25, 0.3) is 0 Å². The van der Waals surface area contributed by atoms with Gasteiger partial charge in [-0.05, 0) is 44.4 Å². The number of rotatable bonds is 5. The number of nitrogens with one attached hydrogen (secondary N) is 2. The lowest BCUT2D eigenvalue weighted by atomic mass is 10.0. The van der Waals surface area contributed by atoms with E-state index in [9.17, 15) is 0 Å². The molecule has 1 atom stereocenters. The molecule has 1 unspecified atom stereocenters. The summed E-state index contributed by atoms with van der Waals surface area (Å²) in [6.07, 6.45) is 6.74. The first kappa shape index (κ1) is 13.3. The summed E-state index contributed by atoms with van der Waals surface area (Å²) < 4.78 is 0. The highest BCUT2D eigenvalue weighted by Crippen LogP contribution is 2.29. The van der Waals surface area contributed by atoms with Gasteiger partial charge in [-0.2, -0.15) is 0 Å². The van der Waals surface area contributed by atoms with Crippen LogP contribution >= 0.6 is 0 Å². The van der Waals surface area contributed by atoms with E-state index in [0.717, 1.165) is 29.4 Å². The number of benzene rings is 1. The Bertz CT molecular complexity index is 563. The molecule has 4 nitrogen and oxygen atoms in total. The molecular formula is C17H24N4. The number of aromatic amines is 1. The summed E-state index contributed by atoms with van der Waals surface area (Å²) in [7, 11) is 0. The van der Waals surface area contributed by atoms with E-state index in [0.29, 0.717) is 6.04 Å². The maximum atomic E-state index is 4.74. The monoisotopic (exact) mass is 284 g/mol. The smallest absolute Gasteiger partial charge is 0.121 e. The van der Waals surface area contributed by atoms with E-state index in [4.69, 9.17) is 4.98 Å². The molecule has 1 saturated heterocycles. The van der Waals surface area contributed by atoms with Crippen molar-refractivity contribution in [3.05, 3.63) is 30.1 Å². The first-order valence-electron chi connectivity index (χ1n) is 8.29. The van der Waals surface area contributed by atoms with Crippen LogP contribution in [0.5, 0.6) is 0 Å². The fourth-order valence-electron chi connectivity index (χ4n) is 3.42. The maximum absolute atomic E-state index is 4.74. The molecule has 4 rings (SSSR count). The largest absolute Gasteiger partial charge is 0.341 e. The Morgan fingerprint density at radius 3 is 2.81 bits per heavy atom. The minimum atomic E-state index is 0.670. The van der Waals surface area contributed by atoms with Gasteiger partial charge in [-0.25, -0.2) is 4.98 Å². The van der Waals surface area contributed by atoms with E-state index in [2.05, 4.69) is 39.5 Å². The van der Waals surface area contributed by atoms with E-state index < -0.39 is 0 Å². The van der Waals surface area contributed by atoms with Crippen molar-refractivity contribution in [3.63, 3.8) is 0 Å². The second-order valence-electron chi connectivity index (χ2n) is 6.51. The molecule has 2 heterocycles. The van der Waals surface area contributed by atoms with Crippen LogP contribution in [0.3, 0.4) is 0 Å². The zero-order valence-electron chi connectivity index (χ0n) is 12.5. The standard InChI is InChI=1S/C17H24N4/c1-2-7-16-15(6-1)19-17(20-16)12-21(14-8-9-14)11-13-5-3-4-10-18-13/h1-2,6-7,13-14,18H,3-5,8-12H2,(H,19,20). The molecule has 2 aliphatic rings. The molecule has 0 bridgehead atoms. The number of imidazole rings is 1. The van der Waals surface area contributed by atoms with Gasteiger partial charge in [-0.15, -0.1) is 0 Å². The highest BCUT2D eigenvalue weighted by Gasteiger charge is 2.31. The van der Waals surface area contributed by atoms with Gasteiger partial charge in [-0.3, -0.25) is 4.90 Å². The molecule has 1 aromatic heterocycles. The molecule has 0 spiro atoms. The minimum absolute atomic E-state index is 0.670. The Morgan fingerprint density at radius 2 is 2.05 bits per heavy atom. The van der Waals surface area contributed by atoms with Gasteiger partial charge in [0.1, 0.15) is 5.82 Å². The minimum Gasteiger partial charge on any atom is -0.341 e. The maximum Gasteiger partial charge on any atom is 0.121 e. The van der Waals surface area contributed by atoms with Crippen LogP contribution < -0.4 is 5.32 Å². The lowest BCUT2D eigenvalue weighted by Gasteiger charge is -2.30. The van der Waals surface area contributed by atoms with E-state index in [1.54, 1.807) is 0 Å². The lowest BCUT2D eigenvalue weighted by molar-refractivity contribution is 0.204. The molecule has 0 radical (unpaired) electrons. The second kappa shape index (κ2) is 5.78. The predicted molar refractivity (Wildman–Crippen MR) is 85.2 cm³/mol. The number of piperidine rings is 1. The van der Waals surface area contributed by atoms with Crippen LogP contribution in [0, 0.1) is 0 Å². The Hall–Kier alpha value is -1.39. The van der Waals surface area contributed by atoms with Crippen molar-refractivity contribution in [3.8, 4) is 0 Å². The van der Waals surface area contributed by atoms with Crippen LogP contribution in [0.15, 0.2) is 24.3 Å². The molecule has 112 valence electrons. The zero-order chi connectivity index (χ0) is 14.1. The molecule has 4 heteroatoms. The summed E-state index contributed by atoms with van der Waals surface area (Å²) in [6.45, 7) is 3.31. The van der Waals surface area contributed by atoms with Gasteiger partial charge in [0.15, 0.2) is 0 Å². The lowest BCUT2D eigenvalue weighted by Crippen LogP contribution is -2.44. The molecule has 1 saturated carbocycles. The van der Waals surface area contributed by atoms with Gasteiger partial charge in [-0.1, -0.05) is 18.6 Å². The van der Waals surface area contributed by atoms with E-state index >= 15 is 0 Å². The molecule has 2 fully saturated rings. The first-order chi connectivity index (χ1) is 10.4. The Morgan fingerprint density at radius 1 is 1.14 bits per heavy atom. The number of H-pyrrole nitrogens is 1. The highest BCUT2D eigenvalue weighted by molar-refractivity contribution is 5.74. The SMILES string of the molecule is c1ccc2[nH]c(CN(CC3CCCCN3)C3CC3)nc2c1. The number of hydrogen-bond acceptors (Lipinski definition) is 3. The number of nitrogens with zero attached hydrogens (tertiary/aromatic N) is 2. The van der Waals surface area contributed by atoms with Crippen molar-refractivity contribution in [2.45, 2.75) is 50.7 Å². The average molecular weight is 284 g/mol. The van der Waals surface area contributed by atoms with Crippen molar-refractivity contribution >= 4 is 11.0 Å². The zero-order valence-corrected chi connectivity index (χ0v) is 12.5. The van der Waals surface area contributed by atoms with Gasteiger partial charge in [0.05, 0.1) is 17.6 Å². The van der Waals surface area contributed by atoms with Gasteiger partial charge < -0.3 is 10.3 Å². The number of aromatic nitrogens is 2. The van der Waals surface area contributed by atoms with E-state index in [1.165, 1.54) is 45.2 Å². The summed E-state index contributed by atoms with van der Waals surface area (Å²) in [5, 5.41) is 3.67. The van der Waals surface area contributed by atoms with Gasteiger partial charge >= 0.3 is 0 Å². The number of fused-ring (bicyclic) bond motifs is 1. The van der Waals surface area contributed by atoms with Crippen molar-refractivity contribution in [2.24, 2.45) is 0 Å². The third kappa shape index (κ3) is 3.11. The average Bonchev–Trinajstić information content (AvgIpc) is 3.28. The van der Waals surface area contributed by atoms with Crippen LogP contribution in [-0.2, 0) is 6.54 Å². The molecule has 2 aromatic rings. The van der Waals surface area contributed by atoms with Crippen molar-refractivity contribution in [1.82, 2.24) is 20.2 Å². The summed E-state index contributed by atoms with van der Waals surface area (Å²) in [6, 6.07) is 9.76. The molecule has 0 amide bonds. The van der Waals surface area contributed by atoms with Crippen LogP contribution in [0.2, 0.25) is 0 Å². The fourth-order valence-corrected chi connectivity index (χ4v) is 3.42. The van der Waals surface area contributed by atoms with Crippen LogP contribution in [0.25, 0.3) is 11.0 Å². The first-order valence-corrected chi connectivity index (χ1v) is 8.29. The van der Waals surface area contributed by atoms with Crippen LogP contribution in [-0.4, -0.2) is 40.0 Å². The number of hydrogen-bond donors (Lipinski definition) is 2. The van der Waals surface area contributed by atoms with Crippen molar-refractivity contribution in [2.75, 3.05) is 13.1 Å². The van der Waals surface area contributed by atoms with Crippen LogP contribution in [0.4, 0.5) is 0 Å². The summed E-state index contributed by atoms with van der Waals surface area (Å²) >= 11 is 0. The summed E-state index contributed by atoms with van der Waals surface area (Å²) in [5.41, 5.74) is 2.23. The quantitative estimate of drug-likeness (QED) is 0.887. The fraction of sp³-hybridized carbons (Fsp3) is 0.588. The Labute approximate surface area is 125 Å². The molecule has 2 N–H and O–H groups in total. The van der Waals surface area contributed by atoms with Crippen molar-refractivity contribution < 1.29 is 0 Å². The predicted octanol–water partition coefficient (Wildman–Crippen LogP) is 2.67. The molecule has 1 aliphatic heterocycles.